The normalized spacial score (nSPS) is 11.3. The Morgan fingerprint density at radius 3 is 1.67 bits per heavy atom. The van der Waals surface area contributed by atoms with Crippen molar-refractivity contribution in [2.24, 2.45) is 0 Å². The second-order valence-electron chi connectivity index (χ2n) is 1.67. The van der Waals surface area contributed by atoms with Gasteiger partial charge in [0.15, 0.2) is 0 Å². The van der Waals surface area contributed by atoms with Crippen molar-refractivity contribution in [3.05, 3.63) is 0 Å². The molecule has 0 atom stereocenters. The molecule has 0 aromatic rings. The maximum Gasteiger partial charge on any atom is 0.250 e. The quantitative estimate of drug-likeness (QED) is 0.455. The second kappa shape index (κ2) is 3.63. The molecule has 0 spiro atoms. The van der Waals surface area contributed by atoms with Crippen LogP contribution in [0.3, 0.4) is 0 Å². The summed E-state index contributed by atoms with van der Waals surface area (Å²) < 4.78 is 45.1. The van der Waals surface area contributed by atoms with Crippen molar-refractivity contribution >= 4 is 0 Å². The van der Waals surface area contributed by atoms with Gasteiger partial charge in [-0.05, 0) is 6.92 Å². The van der Waals surface area contributed by atoms with Crippen molar-refractivity contribution in [1.82, 2.24) is 0 Å². The van der Waals surface area contributed by atoms with E-state index in [0.717, 1.165) is 0 Å². The molecule has 0 aliphatic carbocycles. The molecule has 0 saturated carbocycles. The van der Waals surface area contributed by atoms with E-state index in [0.29, 0.717) is 6.92 Å². The van der Waals surface area contributed by atoms with E-state index in [1.807, 2.05) is 0 Å². The molecule has 0 amide bonds. The lowest BCUT2D eigenvalue weighted by atomic mass is 10.3. The van der Waals surface area contributed by atoms with Crippen molar-refractivity contribution in [3.63, 3.8) is 0 Å². The lowest BCUT2D eigenvalue weighted by molar-refractivity contribution is -0.0381. The molecule has 9 heavy (non-hydrogen) atoms. The molecule has 0 N–H and O–H groups in total. The van der Waals surface area contributed by atoms with Crippen LogP contribution in [0.25, 0.3) is 0 Å². The first kappa shape index (κ1) is 11.4. The molecule has 0 nitrogen and oxygen atoms in total. The van der Waals surface area contributed by atoms with Gasteiger partial charge in [0, 0.05) is 0 Å². The third-order valence-corrected chi connectivity index (χ3v) is 0.513. The highest BCUT2D eigenvalue weighted by molar-refractivity contribution is 4.58. The highest BCUT2D eigenvalue weighted by Gasteiger charge is 2.26. The van der Waals surface area contributed by atoms with Gasteiger partial charge in [-0.25, -0.2) is 17.6 Å². The van der Waals surface area contributed by atoms with Crippen LogP contribution in [0.4, 0.5) is 17.6 Å². The maximum atomic E-state index is 11.5. The van der Waals surface area contributed by atoms with Crippen LogP contribution in [0.15, 0.2) is 0 Å². The number of hydrogen-bond acceptors (Lipinski definition) is 0. The molecule has 5 heteroatoms. The van der Waals surface area contributed by atoms with Crippen LogP contribution in [0.2, 0.25) is 0 Å². The zero-order chi connectivity index (χ0) is 6.78. The van der Waals surface area contributed by atoms with Gasteiger partial charge in [0.25, 0.3) is 5.92 Å². The van der Waals surface area contributed by atoms with Gasteiger partial charge in [-0.2, -0.15) is 0 Å². The van der Waals surface area contributed by atoms with Crippen LogP contribution in [0, 0.1) is 0 Å². The summed E-state index contributed by atoms with van der Waals surface area (Å²) in [5.41, 5.74) is 0. The van der Waals surface area contributed by atoms with Crippen molar-refractivity contribution < 1.29 is 22.3 Å². The fraction of sp³-hybridized carbons (Fsp3) is 1.00. The molecule has 0 unspecified atom stereocenters. The van der Waals surface area contributed by atoms with Crippen LogP contribution in [0.5, 0.6) is 0 Å². The number of halogens is 5. The van der Waals surface area contributed by atoms with Gasteiger partial charge < -0.3 is 4.70 Å². The summed E-state index contributed by atoms with van der Waals surface area (Å²) in [7, 11) is 0. The van der Waals surface area contributed by atoms with Crippen molar-refractivity contribution in [3.8, 4) is 0 Å². The van der Waals surface area contributed by atoms with Gasteiger partial charge in [-0.3, -0.25) is 0 Å². The zero-order valence-electron chi connectivity index (χ0n) is 4.67. The molecule has 0 heterocycles. The smallest absolute Gasteiger partial charge is 0.250 e. The first-order valence-electron chi connectivity index (χ1n) is 2.08. The van der Waals surface area contributed by atoms with E-state index >= 15 is 0 Å². The molecule has 58 valence electrons. The Hall–Kier alpha value is -0.350. The van der Waals surface area contributed by atoms with E-state index in [2.05, 4.69) is 0 Å². The molecule has 0 fully saturated rings. The lowest BCUT2D eigenvalue weighted by Crippen LogP contribution is -3.00. The Balaban J connectivity index is 0. The molecule has 0 aromatic heterocycles. The Kier molecular flexibility index (Phi) is 4.62. The predicted octanol–water partition coefficient (Wildman–Crippen LogP) is -0.699. The molecule has 0 radical (unpaired) electrons. The Morgan fingerprint density at radius 2 is 1.67 bits per heavy atom. The molecule has 0 aliphatic rings. The van der Waals surface area contributed by atoms with E-state index in [1.54, 1.807) is 0 Å². The van der Waals surface area contributed by atoms with Crippen LogP contribution < -0.4 is 4.70 Å². The first-order chi connectivity index (χ1) is 3.42. The summed E-state index contributed by atoms with van der Waals surface area (Å²) in [4.78, 5) is 0. The fourth-order valence-electron chi connectivity index (χ4n) is 0.271. The Morgan fingerprint density at radius 1 is 1.33 bits per heavy atom. The van der Waals surface area contributed by atoms with Gasteiger partial charge in [0.2, 0.25) is 6.43 Å². The van der Waals surface area contributed by atoms with Crippen molar-refractivity contribution in [2.75, 3.05) is 0 Å². The van der Waals surface area contributed by atoms with Crippen molar-refractivity contribution in [1.29, 1.82) is 0 Å². The Labute approximate surface area is 49.2 Å². The molecule has 0 aromatic carbocycles. The van der Waals surface area contributed by atoms with Gasteiger partial charge in [0.1, 0.15) is 0 Å². The average Bonchev–Trinajstić information content (AvgIpc) is 1.21. The minimum absolute atomic E-state index is 0. The molecule has 0 rings (SSSR count). The van der Waals surface area contributed by atoms with Crippen molar-refractivity contribution in [2.45, 2.75) is 25.7 Å². The first-order valence-corrected chi connectivity index (χ1v) is 2.08. The Bertz CT molecular complexity index is 63.8. The predicted molar refractivity (Wildman–Crippen MR) is 21.2 cm³/mol. The summed E-state index contributed by atoms with van der Waals surface area (Å²) in [6, 6.07) is 0. The molecular weight excluding hydrogens is 143 g/mol. The number of rotatable bonds is 2. The SMILES string of the molecule is CC(F)(F)CC(F)F.[F-]. The minimum atomic E-state index is -3.23. The summed E-state index contributed by atoms with van der Waals surface area (Å²) in [6.45, 7) is 0.471. The number of hydrogen-bond donors (Lipinski definition) is 0. The van der Waals surface area contributed by atoms with E-state index in [4.69, 9.17) is 0 Å². The number of alkyl halides is 4. The van der Waals surface area contributed by atoms with Gasteiger partial charge >= 0.3 is 0 Å². The van der Waals surface area contributed by atoms with Crippen LogP contribution in [-0.2, 0) is 0 Å². The largest absolute Gasteiger partial charge is 1.00 e. The summed E-state index contributed by atoms with van der Waals surface area (Å²) in [5.74, 6) is -3.23. The van der Waals surface area contributed by atoms with E-state index < -0.39 is 18.8 Å². The monoisotopic (exact) mass is 149 g/mol. The van der Waals surface area contributed by atoms with E-state index in [1.165, 1.54) is 0 Å². The van der Waals surface area contributed by atoms with Crippen LogP contribution in [0.1, 0.15) is 13.3 Å². The highest BCUT2D eigenvalue weighted by Crippen LogP contribution is 2.20. The van der Waals surface area contributed by atoms with E-state index in [-0.39, 0.29) is 4.70 Å². The molecular formula is C4H6F5-. The fourth-order valence-corrected chi connectivity index (χ4v) is 0.271. The van der Waals surface area contributed by atoms with E-state index in [9.17, 15) is 17.6 Å². The zero-order valence-corrected chi connectivity index (χ0v) is 4.67. The topological polar surface area (TPSA) is 0 Å². The molecule has 0 bridgehead atoms. The third kappa shape index (κ3) is 11.3. The lowest BCUT2D eigenvalue weighted by Gasteiger charge is -2.06. The standard InChI is InChI=1S/C4H6F4.FH/c1-4(7,8)2-3(5)6;/h3H,2H2,1H3;1H/p-1. The third-order valence-electron chi connectivity index (χ3n) is 0.513. The minimum Gasteiger partial charge on any atom is -1.00 e. The average molecular weight is 149 g/mol. The maximum absolute atomic E-state index is 11.5. The second-order valence-corrected chi connectivity index (χ2v) is 1.67. The van der Waals surface area contributed by atoms with Crippen LogP contribution >= 0.6 is 0 Å². The van der Waals surface area contributed by atoms with Crippen LogP contribution in [-0.4, -0.2) is 12.3 Å². The highest BCUT2D eigenvalue weighted by atomic mass is 19.3. The summed E-state index contributed by atoms with van der Waals surface area (Å²) in [6.07, 6.45) is -4.25. The van der Waals surface area contributed by atoms with Gasteiger partial charge in [-0.1, -0.05) is 0 Å². The van der Waals surface area contributed by atoms with Gasteiger partial charge in [-0.15, -0.1) is 0 Å². The molecule has 0 aliphatic heterocycles. The summed E-state index contributed by atoms with van der Waals surface area (Å²) in [5, 5.41) is 0. The van der Waals surface area contributed by atoms with Gasteiger partial charge in [0.05, 0.1) is 6.42 Å². The summed E-state index contributed by atoms with van der Waals surface area (Å²) >= 11 is 0. The molecule has 0 saturated heterocycles.